The molecule has 0 aliphatic carbocycles. The molecule has 0 unspecified atom stereocenters. The van der Waals surface area contributed by atoms with Gasteiger partial charge >= 0.3 is 0 Å². The van der Waals surface area contributed by atoms with E-state index in [1.807, 2.05) is 6.92 Å². The van der Waals surface area contributed by atoms with Gasteiger partial charge in [0.2, 0.25) is 0 Å². The van der Waals surface area contributed by atoms with Gasteiger partial charge < -0.3 is 0 Å². The molecule has 0 spiro atoms. The molecule has 0 N–H and O–H groups in total. The number of hydrogen-bond acceptors (Lipinski definition) is 1. The second kappa shape index (κ2) is 4.12. The molecule has 1 rings (SSSR count). The van der Waals surface area contributed by atoms with Crippen molar-refractivity contribution in [1.82, 2.24) is 0 Å². The van der Waals surface area contributed by atoms with Crippen molar-refractivity contribution in [3.05, 3.63) is 33.3 Å². The fourth-order valence-corrected chi connectivity index (χ4v) is 1.95. The van der Waals surface area contributed by atoms with E-state index in [1.54, 1.807) is 19.1 Å². The first-order valence-corrected chi connectivity index (χ1v) is 4.80. The fourth-order valence-electron chi connectivity index (χ4n) is 1.14. The predicted molar refractivity (Wildman–Crippen MR) is 55.8 cm³/mol. The molecule has 0 radical (unpaired) electrons. The summed E-state index contributed by atoms with van der Waals surface area (Å²) in [5.74, 6) is -0.0185. The van der Waals surface area contributed by atoms with Gasteiger partial charge in [-0.25, -0.2) is 0 Å². The third-order valence-corrected chi connectivity index (χ3v) is 2.38. The zero-order valence-corrected chi connectivity index (χ0v) is 9.04. The number of Topliss-reactive ketones (excluding diaryl/α,β-unsaturated/α-hetero) is 1. The number of benzene rings is 1. The Hall–Kier alpha value is -0.530. The van der Waals surface area contributed by atoms with Crippen LogP contribution in [-0.4, -0.2) is 5.78 Å². The summed E-state index contributed by atoms with van der Waals surface area (Å²) >= 11 is 11.8. The van der Waals surface area contributed by atoms with E-state index >= 15 is 0 Å². The minimum absolute atomic E-state index is 0.0185. The highest BCUT2D eigenvalue weighted by Gasteiger charge is 2.12. The van der Waals surface area contributed by atoms with Crippen LogP contribution in [0.2, 0.25) is 10.0 Å². The van der Waals surface area contributed by atoms with Crippen LogP contribution in [0.25, 0.3) is 0 Å². The van der Waals surface area contributed by atoms with Crippen LogP contribution in [-0.2, 0) is 0 Å². The molecule has 13 heavy (non-hydrogen) atoms. The molecule has 0 saturated carbocycles. The molecule has 0 bridgehead atoms. The zero-order valence-electron chi connectivity index (χ0n) is 7.53. The maximum absolute atomic E-state index is 11.4. The molecule has 70 valence electrons. The summed E-state index contributed by atoms with van der Waals surface area (Å²) in [5.41, 5.74) is 1.40. The van der Waals surface area contributed by atoms with Crippen molar-refractivity contribution in [3.63, 3.8) is 0 Å². The minimum Gasteiger partial charge on any atom is -0.294 e. The second-order valence-electron chi connectivity index (χ2n) is 2.88. The summed E-state index contributed by atoms with van der Waals surface area (Å²) in [6.45, 7) is 3.67. The van der Waals surface area contributed by atoms with E-state index in [9.17, 15) is 4.79 Å². The van der Waals surface area contributed by atoms with Crippen molar-refractivity contribution in [2.75, 3.05) is 0 Å². The van der Waals surface area contributed by atoms with Crippen LogP contribution in [0.4, 0.5) is 0 Å². The SMILES string of the molecule is CCC(=O)c1c(Cl)cc(C)cc1Cl. The number of carbonyl (C=O) groups is 1. The summed E-state index contributed by atoms with van der Waals surface area (Å²) < 4.78 is 0. The van der Waals surface area contributed by atoms with Gasteiger partial charge in [-0.3, -0.25) is 4.79 Å². The normalized spacial score (nSPS) is 10.2. The zero-order chi connectivity index (χ0) is 10.0. The quantitative estimate of drug-likeness (QED) is 0.686. The standard InChI is InChI=1S/C10H10Cl2O/c1-3-9(13)10-7(11)4-6(2)5-8(10)12/h4-5H,3H2,1-2H3. The Morgan fingerprint density at radius 1 is 1.31 bits per heavy atom. The molecule has 1 nitrogen and oxygen atoms in total. The van der Waals surface area contributed by atoms with Crippen molar-refractivity contribution >= 4 is 29.0 Å². The van der Waals surface area contributed by atoms with Crippen molar-refractivity contribution in [2.24, 2.45) is 0 Å². The van der Waals surface area contributed by atoms with E-state index in [1.165, 1.54) is 0 Å². The molecule has 0 saturated heterocycles. The summed E-state index contributed by atoms with van der Waals surface area (Å²) in [5, 5.41) is 0.883. The number of hydrogen-bond donors (Lipinski definition) is 0. The largest absolute Gasteiger partial charge is 0.294 e. The Labute approximate surface area is 87.7 Å². The second-order valence-corrected chi connectivity index (χ2v) is 3.69. The predicted octanol–water partition coefficient (Wildman–Crippen LogP) is 3.89. The van der Waals surface area contributed by atoms with E-state index in [-0.39, 0.29) is 5.78 Å². The summed E-state index contributed by atoms with van der Waals surface area (Å²) in [6.07, 6.45) is 0.419. The molecule has 0 aromatic heterocycles. The summed E-state index contributed by atoms with van der Waals surface area (Å²) in [6, 6.07) is 3.49. The van der Waals surface area contributed by atoms with Crippen LogP contribution in [0.3, 0.4) is 0 Å². The molecular weight excluding hydrogens is 207 g/mol. The lowest BCUT2D eigenvalue weighted by Crippen LogP contribution is -1.99. The van der Waals surface area contributed by atoms with Gasteiger partial charge in [-0.1, -0.05) is 30.1 Å². The third-order valence-electron chi connectivity index (χ3n) is 1.79. The van der Waals surface area contributed by atoms with Gasteiger partial charge in [-0.15, -0.1) is 0 Å². The topological polar surface area (TPSA) is 17.1 Å². The first kappa shape index (κ1) is 10.6. The lowest BCUT2D eigenvalue weighted by Gasteiger charge is -2.05. The van der Waals surface area contributed by atoms with Crippen LogP contribution in [0.1, 0.15) is 29.3 Å². The van der Waals surface area contributed by atoms with Gasteiger partial charge in [0, 0.05) is 6.42 Å². The van der Waals surface area contributed by atoms with E-state index in [0.717, 1.165) is 5.56 Å². The molecule has 1 aromatic rings. The van der Waals surface area contributed by atoms with Crippen LogP contribution in [0.5, 0.6) is 0 Å². The minimum atomic E-state index is -0.0185. The molecule has 1 aromatic carbocycles. The average Bonchev–Trinajstić information content (AvgIpc) is 2.02. The lowest BCUT2D eigenvalue weighted by atomic mass is 10.1. The molecule has 0 heterocycles. The Balaban J connectivity index is 3.28. The molecule has 0 amide bonds. The van der Waals surface area contributed by atoms with E-state index in [2.05, 4.69) is 0 Å². The Bertz CT molecular complexity index is 322. The smallest absolute Gasteiger partial charge is 0.165 e. The first-order chi connectivity index (χ1) is 6.06. The maximum Gasteiger partial charge on any atom is 0.165 e. The van der Waals surface area contributed by atoms with Crippen molar-refractivity contribution in [1.29, 1.82) is 0 Å². The first-order valence-electron chi connectivity index (χ1n) is 4.05. The highest BCUT2D eigenvalue weighted by atomic mass is 35.5. The molecule has 0 aliphatic rings. The van der Waals surface area contributed by atoms with Gasteiger partial charge in [-0.2, -0.15) is 0 Å². The summed E-state index contributed by atoms with van der Waals surface area (Å²) in [4.78, 5) is 11.4. The van der Waals surface area contributed by atoms with E-state index in [0.29, 0.717) is 22.0 Å². The number of ketones is 1. The lowest BCUT2D eigenvalue weighted by molar-refractivity contribution is 0.0988. The van der Waals surface area contributed by atoms with Crippen LogP contribution in [0, 0.1) is 6.92 Å². The molecule has 0 aliphatic heterocycles. The third kappa shape index (κ3) is 2.23. The Kier molecular flexibility index (Phi) is 3.34. The van der Waals surface area contributed by atoms with Gasteiger partial charge in [0.1, 0.15) is 0 Å². The summed E-state index contributed by atoms with van der Waals surface area (Å²) in [7, 11) is 0. The Morgan fingerprint density at radius 2 is 1.77 bits per heavy atom. The average molecular weight is 217 g/mol. The number of halogens is 2. The van der Waals surface area contributed by atoms with Gasteiger partial charge in [0.25, 0.3) is 0 Å². The van der Waals surface area contributed by atoms with Crippen LogP contribution in [0.15, 0.2) is 12.1 Å². The van der Waals surface area contributed by atoms with E-state index in [4.69, 9.17) is 23.2 Å². The molecule has 0 atom stereocenters. The number of rotatable bonds is 2. The van der Waals surface area contributed by atoms with Crippen molar-refractivity contribution in [2.45, 2.75) is 20.3 Å². The highest BCUT2D eigenvalue weighted by molar-refractivity contribution is 6.39. The van der Waals surface area contributed by atoms with Gasteiger partial charge in [0.05, 0.1) is 15.6 Å². The van der Waals surface area contributed by atoms with Gasteiger partial charge in [0.15, 0.2) is 5.78 Å². The monoisotopic (exact) mass is 216 g/mol. The Morgan fingerprint density at radius 3 is 2.15 bits per heavy atom. The van der Waals surface area contributed by atoms with Crippen LogP contribution < -0.4 is 0 Å². The number of aryl methyl sites for hydroxylation is 1. The van der Waals surface area contributed by atoms with Crippen LogP contribution >= 0.6 is 23.2 Å². The van der Waals surface area contributed by atoms with Gasteiger partial charge in [-0.05, 0) is 24.6 Å². The highest BCUT2D eigenvalue weighted by Crippen LogP contribution is 2.27. The molecule has 0 fully saturated rings. The fraction of sp³-hybridized carbons (Fsp3) is 0.300. The van der Waals surface area contributed by atoms with E-state index < -0.39 is 0 Å². The van der Waals surface area contributed by atoms with Crippen molar-refractivity contribution < 1.29 is 4.79 Å². The number of carbonyl (C=O) groups excluding carboxylic acids is 1. The maximum atomic E-state index is 11.4. The van der Waals surface area contributed by atoms with Crippen molar-refractivity contribution in [3.8, 4) is 0 Å². The molecule has 3 heteroatoms. The molecular formula is C10H10Cl2O.